The molecule has 2 aromatic rings. The number of ether oxygens (including phenoxy) is 3. The van der Waals surface area contributed by atoms with Crippen molar-refractivity contribution in [3.8, 4) is 11.5 Å². The third-order valence-electron chi connectivity index (χ3n) is 3.88. The summed E-state index contributed by atoms with van der Waals surface area (Å²) in [5, 5.41) is 2.66. The first-order valence-corrected chi connectivity index (χ1v) is 8.20. The van der Waals surface area contributed by atoms with Crippen LogP contribution in [0.25, 0.3) is 0 Å². The lowest BCUT2D eigenvalue weighted by Gasteiger charge is -2.17. The number of anilines is 1. The predicted molar refractivity (Wildman–Crippen MR) is 99.6 cm³/mol. The van der Waals surface area contributed by atoms with Crippen molar-refractivity contribution in [2.24, 2.45) is 0 Å². The van der Waals surface area contributed by atoms with Gasteiger partial charge in [0.15, 0.2) is 23.9 Å². The molecule has 0 fully saturated rings. The van der Waals surface area contributed by atoms with E-state index in [1.165, 1.54) is 33.3 Å². The summed E-state index contributed by atoms with van der Waals surface area (Å²) in [7, 11) is 2.75. The van der Waals surface area contributed by atoms with Gasteiger partial charge in [-0.15, -0.1) is 0 Å². The summed E-state index contributed by atoms with van der Waals surface area (Å²) in [6.45, 7) is 3.37. The van der Waals surface area contributed by atoms with E-state index in [-0.39, 0.29) is 22.6 Å². The van der Waals surface area contributed by atoms with E-state index in [0.29, 0.717) is 12.0 Å². The molecule has 0 radical (unpaired) electrons. The molecule has 1 atom stereocenters. The largest absolute Gasteiger partial charge is 0.493 e. The van der Waals surface area contributed by atoms with Gasteiger partial charge in [-0.1, -0.05) is 17.7 Å². The molecule has 0 unspecified atom stereocenters. The molecule has 0 heterocycles. The normalized spacial score (nSPS) is 11.3. The van der Waals surface area contributed by atoms with Crippen LogP contribution in [0.4, 0.5) is 5.69 Å². The molecule has 1 amide bonds. The van der Waals surface area contributed by atoms with Crippen LogP contribution in [0.1, 0.15) is 33.2 Å². The summed E-state index contributed by atoms with van der Waals surface area (Å²) in [5.74, 6) is -1.02. The second-order valence-electron chi connectivity index (χ2n) is 5.79. The maximum atomic E-state index is 12.6. The molecule has 0 spiro atoms. The molecule has 27 heavy (non-hydrogen) atoms. The molecule has 7 nitrogen and oxygen atoms in total. The lowest BCUT2D eigenvalue weighted by Crippen LogP contribution is -2.30. The van der Waals surface area contributed by atoms with E-state index in [1.54, 1.807) is 12.1 Å². The number of carbonyl (C=O) groups excluding carboxylic acids is 3. The van der Waals surface area contributed by atoms with E-state index >= 15 is 0 Å². The lowest BCUT2D eigenvalue weighted by molar-refractivity contribution is -0.123. The Morgan fingerprint density at radius 1 is 1.04 bits per heavy atom. The van der Waals surface area contributed by atoms with Crippen LogP contribution in [-0.4, -0.2) is 38.5 Å². The van der Waals surface area contributed by atoms with Gasteiger partial charge in [-0.2, -0.15) is 0 Å². The van der Waals surface area contributed by atoms with Gasteiger partial charge in [0, 0.05) is 11.3 Å². The quantitative estimate of drug-likeness (QED) is 0.594. The number of hydrogen-bond donors (Lipinski definition) is 1. The summed E-state index contributed by atoms with van der Waals surface area (Å²) >= 11 is 0. The van der Waals surface area contributed by atoms with Crippen LogP contribution < -0.4 is 14.8 Å². The Morgan fingerprint density at radius 3 is 2.26 bits per heavy atom. The smallest absolute Gasteiger partial charge is 0.343 e. The lowest BCUT2D eigenvalue weighted by atomic mass is 10.1. The van der Waals surface area contributed by atoms with Crippen LogP contribution in [0, 0.1) is 6.92 Å². The Labute approximate surface area is 157 Å². The highest BCUT2D eigenvalue weighted by atomic mass is 16.6. The fourth-order valence-corrected chi connectivity index (χ4v) is 2.40. The highest BCUT2D eigenvalue weighted by Crippen LogP contribution is 2.33. The topological polar surface area (TPSA) is 90.9 Å². The SMILES string of the molecule is COc1ccc(C=O)c(C(=O)O[C@H](C)C(=O)Nc2ccc(C)cc2)c1OC. The average molecular weight is 371 g/mol. The van der Waals surface area contributed by atoms with Gasteiger partial charge in [0.25, 0.3) is 5.91 Å². The number of amides is 1. The minimum absolute atomic E-state index is 0.0678. The van der Waals surface area contributed by atoms with E-state index in [1.807, 2.05) is 19.1 Å². The predicted octanol–water partition coefficient (Wildman–Crippen LogP) is 3.01. The second-order valence-corrected chi connectivity index (χ2v) is 5.79. The second kappa shape index (κ2) is 8.84. The van der Waals surface area contributed by atoms with Gasteiger partial charge in [0.2, 0.25) is 0 Å². The van der Waals surface area contributed by atoms with Crippen LogP contribution in [0.2, 0.25) is 0 Å². The maximum Gasteiger partial charge on any atom is 0.343 e. The molecular formula is C20H21NO6. The molecule has 1 N–H and O–H groups in total. The summed E-state index contributed by atoms with van der Waals surface area (Å²) in [4.78, 5) is 36.2. The standard InChI is InChI=1S/C20H21NO6/c1-12-5-8-15(9-6-12)21-19(23)13(2)27-20(24)17-14(11-22)7-10-16(25-3)18(17)26-4/h5-11,13H,1-4H3,(H,21,23)/t13-/m1/s1. The number of aryl methyl sites for hydroxylation is 1. The number of benzene rings is 2. The molecule has 7 heteroatoms. The van der Waals surface area contributed by atoms with Crippen LogP contribution >= 0.6 is 0 Å². The van der Waals surface area contributed by atoms with Gasteiger partial charge in [-0.3, -0.25) is 9.59 Å². The summed E-state index contributed by atoms with van der Waals surface area (Å²) < 4.78 is 15.6. The van der Waals surface area contributed by atoms with Crippen molar-refractivity contribution in [2.75, 3.05) is 19.5 Å². The molecule has 0 saturated heterocycles. The van der Waals surface area contributed by atoms with Gasteiger partial charge >= 0.3 is 5.97 Å². The molecular weight excluding hydrogens is 350 g/mol. The molecule has 0 aliphatic rings. The van der Waals surface area contributed by atoms with Gasteiger partial charge in [-0.25, -0.2) is 4.79 Å². The zero-order valence-electron chi connectivity index (χ0n) is 15.6. The van der Waals surface area contributed by atoms with Gasteiger partial charge < -0.3 is 19.5 Å². The number of methoxy groups -OCH3 is 2. The Bertz CT molecular complexity index is 844. The fraction of sp³-hybridized carbons (Fsp3) is 0.250. The number of rotatable bonds is 7. The highest BCUT2D eigenvalue weighted by Gasteiger charge is 2.26. The van der Waals surface area contributed by atoms with Crippen molar-refractivity contribution < 1.29 is 28.6 Å². The summed E-state index contributed by atoms with van der Waals surface area (Å²) in [6, 6.07) is 10.1. The minimum Gasteiger partial charge on any atom is -0.493 e. The first-order valence-electron chi connectivity index (χ1n) is 8.20. The molecule has 142 valence electrons. The third-order valence-corrected chi connectivity index (χ3v) is 3.88. The Kier molecular flexibility index (Phi) is 6.54. The Hall–Kier alpha value is -3.35. The Morgan fingerprint density at radius 2 is 1.70 bits per heavy atom. The third kappa shape index (κ3) is 4.63. The Balaban J connectivity index is 2.19. The first-order chi connectivity index (χ1) is 12.9. The summed E-state index contributed by atoms with van der Waals surface area (Å²) in [5.41, 5.74) is 1.62. The van der Waals surface area contributed by atoms with Crippen molar-refractivity contribution in [1.29, 1.82) is 0 Å². The molecule has 0 aromatic heterocycles. The van der Waals surface area contributed by atoms with Crippen molar-refractivity contribution in [2.45, 2.75) is 20.0 Å². The fourth-order valence-electron chi connectivity index (χ4n) is 2.40. The van der Waals surface area contributed by atoms with Gasteiger partial charge in [-0.05, 0) is 38.1 Å². The molecule has 0 bridgehead atoms. The summed E-state index contributed by atoms with van der Waals surface area (Å²) in [6.07, 6.45) is -0.579. The van der Waals surface area contributed by atoms with Crippen LogP contribution in [0.15, 0.2) is 36.4 Å². The van der Waals surface area contributed by atoms with Crippen molar-refractivity contribution in [3.05, 3.63) is 53.1 Å². The molecule has 2 rings (SSSR count). The van der Waals surface area contributed by atoms with E-state index in [0.717, 1.165) is 5.56 Å². The van der Waals surface area contributed by atoms with Crippen molar-refractivity contribution in [3.63, 3.8) is 0 Å². The average Bonchev–Trinajstić information content (AvgIpc) is 2.68. The van der Waals surface area contributed by atoms with E-state index in [4.69, 9.17) is 14.2 Å². The van der Waals surface area contributed by atoms with Gasteiger partial charge in [0.05, 0.1) is 14.2 Å². The maximum absolute atomic E-state index is 12.6. The van der Waals surface area contributed by atoms with E-state index in [2.05, 4.69) is 5.32 Å². The van der Waals surface area contributed by atoms with Crippen LogP contribution in [0.3, 0.4) is 0 Å². The number of hydrogen-bond acceptors (Lipinski definition) is 6. The van der Waals surface area contributed by atoms with Crippen molar-refractivity contribution in [1.82, 2.24) is 0 Å². The zero-order chi connectivity index (χ0) is 20.0. The number of esters is 1. The van der Waals surface area contributed by atoms with Crippen LogP contribution in [-0.2, 0) is 9.53 Å². The zero-order valence-corrected chi connectivity index (χ0v) is 15.6. The minimum atomic E-state index is -1.09. The molecule has 0 aliphatic heterocycles. The number of carbonyl (C=O) groups is 3. The van der Waals surface area contributed by atoms with E-state index < -0.39 is 18.0 Å². The van der Waals surface area contributed by atoms with Crippen LogP contribution in [0.5, 0.6) is 11.5 Å². The number of aldehydes is 1. The number of nitrogens with one attached hydrogen (secondary N) is 1. The van der Waals surface area contributed by atoms with Gasteiger partial charge in [0.1, 0.15) is 5.56 Å². The molecule has 0 saturated carbocycles. The first kappa shape index (κ1) is 20.0. The highest BCUT2D eigenvalue weighted by molar-refractivity contribution is 6.03. The van der Waals surface area contributed by atoms with Crippen molar-refractivity contribution >= 4 is 23.9 Å². The molecule has 2 aromatic carbocycles. The monoisotopic (exact) mass is 371 g/mol. The van der Waals surface area contributed by atoms with E-state index in [9.17, 15) is 14.4 Å². The molecule has 0 aliphatic carbocycles.